The summed E-state index contributed by atoms with van der Waals surface area (Å²) in [5.74, 6) is -0.303. The van der Waals surface area contributed by atoms with Crippen LogP contribution in [0.25, 0.3) is 16.7 Å². The predicted octanol–water partition coefficient (Wildman–Crippen LogP) is 2.74. The van der Waals surface area contributed by atoms with E-state index in [1.165, 1.54) is 18.6 Å². The van der Waals surface area contributed by atoms with Crippen LogP contribution in [0.3, 0.4) is 0 Å². The fourth-order valence-corrected chi connectivity index (χ4v) is 3.92. The zero-order valence-corrected chi connectivity index (χ0v) is 16.3. The summed E-state index contributed by atoms with van der Waals surface area (Å²) < 4.78 is 14.9. The van der Waals surface area contributed by atoms with Crippen molar-refractivity contribution in [3.05, 3.63) is 57.8 Å². The molecule has 3 aromatic rings. The smallest absolute Gasteiger partial charge is 0.254 e. The van der Waals surface area contributed by atoms with Gasteiger partial charge in [-0.3, -0.25) is 4.79 Å². The molecule has 0 spiro atoms. The molecule has 2 aromatic heterocycles. The number of aromatic nitrogens is 3. The molecule has 1 fully saturated rings. The second kappa shape index (κ2) is 7.85. The van der Waals surface area contributed by atoms with Crippen LogP contribution in [0.5, 0.6) is 0 Å². The third-order valence-electron chi connectivity index (χ3n) is 5.55. The third kappa shape index (κ3) is 3.72. The highest BCUT2D eigenvalue weighted by Gasteiger charge is 2.19. The summed E-state index contributed by atoms with van der Waals surface area (Å²) >= 11 is 0. The molecular weight excluding hydrogens is 357 g/mol. The van der Waals surface area contributed by atoms with Crippen LogP contribution >= 0.6 is 0 Å². The number of aromatic amines is 1. The molecule has 1 atom stereocenters. The molecule has 0 aliphatic carbocycles. The maximum Gasteiger partial charge on any atom is 0.254 e. The van der Waals surface area contributed by atoms with Gasteiger partial charge in [-0.2, -0.15) is 5.10 Å². The summed E-state index contributed by atoms with van der Waals surface area (Å²) in [4.78, 5) is 18.1. The molecule has 3 heterocycles. The van der Waals surface area contributed by atoms with E-state index in [9.17, 15) is 9.18 Å². The molecule has 2 N–H and O–H groups in total. The number of nitrogens with zero attached hydrogens (tertiary/aromatic N) is 3. The Kier molecular flexibility index (Phi) is 5.28. The summed E-state index contributed by atoms with van der Waals surface area (Å²) in [7, 11) is 0. The number of hydrogen-bond donors (Lipinski definition) is 2. The number of nitrogens with one attached hydrogen (secondary N) is 2. The quantitative estimate of drug-likeness (QED) is 0.711. The van der Waals surface area contributed by atoms with Gasteiger partial charge in [0, 0.05) is 30.1 Å². The van der Waals surface area contributed by atoms with E-state index in [1.54, 1.807) is 16.8 Å². The number of hydrogen-bond acceptors (Lipinski definition) is 4. The first-order valence-electron chi connectivity index (χ1n) is 9.88. The van der Waals surface area contributed by atoms with Gasteiger partial charge in [0.2, 0.25) is 0 Å². The predicted molar refractivity (Wildman–Crippen MR) is 108 cm³/mol. The van der Waals surface area contributed by atoms with Crippen molar-refractivity contribution >= 4 is 11.0 Å². The maximum atomic E-state index is 13.2. The lowest BCUT2D eigenvalue weighted by atomic mass is 10.1. The number of halogens is 1. The van der Waals surface area contributed by atoms with E-state index in [4.69, 9.17) is 0 Å². The van der Waals surface area contributed by atoms with E-state index in [1.807, 2.05) is 13.0 Å². The fourth-order valence-electron chi connectivity index (χ4n) is 3.92. The molecule has 0 bridgehead atoms. The van der Waals surface area contributed by atoms with Gasteiger partial charge < -0.3 is 15.2 Å². The molecule has 1 aromatic carbocycles. The number of H-pyrrole nitrogens is 1. The van der Waals surface area contributed by atoms with Gasteiger partial charge in [-0.25, -0.2) is 9.07 Å². The Morgan fingerprint density at radius 2 is 2.11 bits per heavy atom. The molecular formula is C21H26FN5O. The number of pyridine rings is 1. The Morgan fingerprint density at radius 3 is 2.86 bits per heavy atom. The molecule has 148 valence electrons. The Labute approximate surface area is 163 Å². The van der Waals surface area contributed by atoms with Crippen LogP contribution in [0, 0.1) is 12.7 Å². The SMILES string of the molecule is CCN1CCC[C@H](NCc2cc3c(C)nn(-c4ccc(F)cc4)c3[nH]c2=O)C1. The zero-order chi connectivity index (χ0) is 19.7. The Bertz CT molecular complexity index is 1020. The summed E-state index contributed by atoms with van der Waals surface area (Å²) in [6.07, 6.45) is 2.32. The van der Waals surface area contributed by atoms with Crippen LogP contribution in [-0.2, 0) is 6.54 Å². The average molecular weight is 383 g/mol. The van der Waals surface area contributed by atoms with E-state index >= 15 is 0 Å². The Balaban J connectivity index is 1.59. The number of rotatable bonds is 5. The minimum absolute atomic E-state index is 0.119. The van der Waals surface area contributed by atoms with Crippen LogP contribution in [0.2, 0.25) is 0 Å². The first-order valence-corrected chi connectivity index (χ1v) is 9.88. The Morgan fingerprint density at radius 1 is 1.32 bits per heavy atom. The van der Waals surface area contributed by atoms with Crippen LogP contribution in [0.4, 0.5) is 4.39 Å². The summed E-state index contributed by atoms with van der Waals surface area (Å²) in [6, 6.07) is 8.40. The summed E-state index contributed by atoms with van der Waals surface area (Å²) in [5, 5.41) is 8.98. The highest BCUT2D eigenvalue weighted by molar-refractivity contribution is 5.80. The van der Waals surface area contributed by atoms with Crippen molar-refractivity contribution in [2.75, 3.05) is 19.6 Å². The molecule has 0 saturated carbocycles. The van der Waals surface area contributed by atoms with E-state index in [0.717, 1.165) is 37.1 Å². The number of piperidine rings is 1. The highest BCUT2D eigenvalue weighted by Crippen LogP contribution is 2.20. The van der Waals surface area contributed by atoms with Gasteiger partial charge in [0.25, 0.3) is 5.56 Å². The number of likely N-dealkylation sites (N-methyl/N-ethyl adjacent to an activating group) is 1. The summed E-state index contributed by atoms with van der Waals surface area (Å²) in [5.41, 5.74) is 2.76. The molecule has 28 heavy (non-hydrogen) atoms. The van der Waals surface area contributed by atoms with E-state index in [2.05, 4.69) is 27.2 Å². The molecule has 0 amide bonds. The van der Waals surface area contributed by atoms with E-state index in [0.29, 0.717) is 29.5 Å². The number of fused-ring (bicyclic) bond motifs is 1. The van der Waals surface area contributed by atoms with Crippen molar-refractivity contribution < 1.29 is 4.39 Å². The highest BCUT2D eigenvalue weighted by atomic mass is 19.1. The van der Waals surface area contributed by atoms with Crippen LogP contribution in [-0.4, -0.2) is 45.3 Å². The molecule has 1 saturated heterocycles. The molecule has 1 aliphatic heterocycles. The second-order valence-electron chi connectivity index (χ2n) is 7.47. The van der Waals surface area contributed by atoms with Gasteiger partial charge in [-0.1, -0.05) is 6.92 Å². The molecule has 0 radical (unpaired) electrons. The number of benzene rings is 1. The average Bonchev–Trinajstić information content (AvgIpc) is 3.02. The van der Waals surface area contributed by atoms with Crippen LogP contribution in [0.1, 0.15) is 31.0 Å². The fraction of sp³-hybridized carbons (Fsp3) is 0.429. The molecule has 0 unspecified atom stereocenters. The van der Waals surface area contributed by atoms with Crippen molar-refractivity contribution in [1.82, 2.24) is 25.0 Å². The van der Waals surface area contributed by atoms with Crippen molar-refractivity contribution in [3.63, 3.8) is 0 Å². The zero-order valence-electron chi connectivity index (χ0n) is 16.3. The number of likely N-dealkylation sites (tertiary alicyclic amines) is 1. The standard InChI is InChI=1S/C21H26FN5O/c1-3-26-10-4-5-17(13-26)23-12-15-11-19-14(2)25-27(20(19)24-21(15)28)18-8-6-16(22)7-9-18/h6-9,11,17,23H,3-5,10,12-13H2,1-2H3,(H,24,28)/t17-/m0/s1. The number of aryl methyl sites for hydroxylation is 1. The largest absolute Gasteiger partial charge is 0.308 e. The minimum Gasteiger partial charge on any atom is -0.308 e. The molecule has 7 heteroatoms. The van der Waals surface area contributed by atoms with Crippen LogP contribution < -0.4 is 10.9 Å². The monoisotopic (exact) mass is 383 g/mol. The van der Waals surface area contributed by atoms with Crippen molar-refractivity contribution in [2.24, 2.45) is 0 Å². The lowest BCUT2D eigenvalue weighted by Crippen LogP contribution is -2.45. The van der Waals surface area contributed by atoms with E-state index in [-0.39, 0.29) is 11.4 Å². The Hall–Kier alpha value is -2.51. The minimum atomic E-state index is -0.303. The molecule has 4 rings (SSSR count). The second-order valence-corrected chi connectivity index (χ2v) is 7.47. The van der Waals surface area contributed by atoms with Crippen molar-refractivity contribution in [2.45, 2.75) is 39.3 Å². The van der Waals surface area contributed by atoms with Gasteiger partial charge in [0.1, 0.15) is 11.5 Å². The van der Waals surface area contributed by atoms with Gasteiger partial charge in [-0.15, -0.1) is 0 Å². The maximum absolute atomic E-state index is 13.2. The first kappa shape index (κ1) is 18.8. The lowest BCUT2D eigenvalue weighted by Gasteiger charge is -2.32. The van der Waals surface area contributed by atoms with Crippen LogP contribution in [0.15, 0.2) is 35.1 Å². The first-order chi connectivity index (χ1) is 13.5. The van der Waals surface area contributed by atoms with Gasteiger partial charge >= 0.3 is 0 Å². The third-order valence-corrected chi connectivity index (χ3v) is 5.55. The summed E-state index contributed by atoms with van der Waals surface area (Å²) in [6.45, 7) is 7.88. The van der Waals surface area contributed by atoms with Crippen molar-refractivity contribution in [3.8, 4) is 5.69 Å². The topological polar surface area (TPSA) is 66.0 Å². The normalized spacial score (nSPS) is 18.0. The van der Waals surface area contributed by atoms with Gasteiger partial charge in [-0.05, 0) is 63.2 Å². The van der Waals surface area contributed by atoms with Gasteiger partial charge in [0.05, 0.1) is 11.4 Å². The van der Waals surface area contributed by atoms with Gasteiger partial charge in [0.15, 0.2) is 0 Å². The van der Waals surface area contributed by atoms with Crippen molar-refractivity contribution in [1.29, 1.82) is 0 Å². The molecule has 1 aliphatic rings. The lowest BCUT2D eigenvalue weighted by molar-refractivity contribution is 0.198. The molecule has 6 nitrogen and oxygen atoms in total. The van der Waals surface area contributed by atoms with E-state index < -0.39 is 0 Å².